The molecule has 0 heterocycles. The van der Waals surface area contributed by atoms with Gasteiger partial charge in [-0.3, -0.25) is 4.79 Å². The molecule has 2 aromatic carbocycles. The lowest BCUT2D eigenvalue weighted by Gasteiger charge is -2.14. The highest BCUT2D eigenvalue weighted by Gasteiger charge is 2.12. The highest BCUT2D eigenvalue weighted by Crippen LogP contribution is 2.31. The van der Waals surface area contributed by atoms with Crippen LogP contribution < -0.4 is 0 Å². The summed E-state index contributed by atoms with van der Waals surface area (Å²) in [5.41, 5.74) is 5.72. The molecule has 0 aliphatic heterocycles. The Labute approximate surface area is 159 Å². The van der Waals surface area contributed by atoms with Crippen molar-refractivity contribution in [1.29, 1.82) is 0 Å². The monoisotopic (exact) mass is 361 g/mol. The van der Waals surface area contributed by atoms with E-state index in [-0.39, 0.29) is 5.97 Å². The molecule has 2 aromatic rings. The number of nitroso groups, excluding NO2 is 1. The first kappa shape index (κ1) is 18.8. The van der Waals surface area contributed by atoms with Crippen molar-refractivity contribution in [3.63, 3.8) is 0 Å². The Balaban J connectivity index is 1.97. The Morgan fingerprint density at radius 3 is 2.74 bits per heavy atom. The Morgan fingerprint density at radius 1 is 1.11 bits per heavy atom. The number of ether oxygens (including phenoxy) is 1. The van der Waals surface area contributed by atoms with Crippen LogP contribution in [0.15, 0.2) is 65.9 Å². The summed E-state index contributed by atoms with van der Waals surface area (Å²) >= 11 is 0. The molecule has 1 aliphatic rings. The van der Waals surface area contributed by atoms with E-state index in [4.69, 9.17) is 4.74 Å². The molecule has 0 unspecified atom stereocenters. The third-order valence-electron chi connectivity index (χ3n) is 4.60. The lowest BCUT2D eigenvalue weighted by molar-refractivity contribution is -0.143. The minimum atomic E-state index is -0.200. The summed E-state index contributed by atoms with van der Waals surface area (Å²) in [6.07, 6.45) is 9.58. The fourth-order valence-corrected chi connectivity index (χ4v) is 3.29. The van der Waals surface area contributed by atoms with Gasteiger partial charge in [0.1, 0.15) is 5.69 Å². The smallest absolute Gasteiger partial charge is 0.306 e. The number of carbonyl (C=O) groups is 1. The maximum absolute atomic E-state index is 11.9. The van der Waals surface area contributed by atoms with Gasteiger partial charge in [0.05, 0.1) is 6.61 Å². The van der Waals surface area contributed by atoms with E-state index in [1.54, 1.807) is 12.1 Å². The van der Waals surface area contributed by atoms with Gasteiger partial charge in [-0.2, -0.15) is 0 Å². The second-order valence-corrected chi connectivity index (χ2v) is 6.46. The third-order valence-corrected chi connectivity index (χ3v) is 4.60. The molecule has 0 amide bonds. The average Bonchev–Trinajstić information content (AvgIpc) is 2.73. The van der Waals surface area contributed by atoms with Gasteiger partial charge < -0.3 is 4.74 Å². The van der Waals surface area contributed by atoms with E-state index in [2.05, 4.69) is 41.6 Å². The van der Waals surface area contributed by atoms with Crippen molar-refractivity contribution in [3.05, 3.63) is 76.7 Å². The largest absolute Gasteiger partial charge is 0.466 e. The van der Waals surface area contributed by atoms with Crippen LogP contribution in [0.25, 0.3) is 16.7 Å². The molecule has 0 saturated carbocycles. The molecule has 0 radical (unpaired) electrons. The first-order valence-electron chi connectivity index (χ1n) is 9.30. The molecule has 27 heavy (non-hydrogen) atoms. The van der Waals surface area contributed by atoms with E-state index in [1.807, 2.05) is 19.1 Å². The summed E-state index contributed by atoms with van der Waals surface area (Å²) in [4.78, 5) is 22.7. The molecule has 3 rings (SSSR count). The molecular formula is C23H23NO3. The summed E-state index contributed by atoms with van der Waals surface area (Å²) in [6, 6.07) is 13.5. The topological polar surface area (TPSA) is 55.7 Å². The number of nitrogens with zero attached hydrogens (tertiary/aromatic N) is 1. The lowest BCUT2D eigenvalue weighted by atomic mass is 9.91. The van der Waals surface area contributed by atoms with E-state index in [0.717, 1.165) is 35.1 Å². The minimum absolute atomic E-state index is 0.200. The number of aryl methyl sites for hydroxylation is 1. The van der Waals surface area contributed by atoms with Gasteiger partial charge in [-0.25, -0.2) is 0 Å². The normalized spacial score (nSPS) is 13.1. The summed E-state index contributed by atoms with van der Waals surface area (Å²) in [6.45, 7) is 2.19. The Morgan fingerprint density at radius 2 is 2.00 bits per heavy atom. The SMILES string of the molecule is CCOC(=O)CCc1cc(C2=CCCC=C2)ccc1-c1cccc(N=O)c1. The van der Waals surface area contributed by atoms with Crippen LogP contribution in [-0.2, 0) is 16.0 Å². The molecule has 0 fully saturated rings. The third kappa shape index (κ3) is 4.79. The zero-order valence-electron chi connectivity index (χ0n) is 15.5. The number of hydrogen-bond donors (Lipinski definition) is 0. The number of hydrogen-bond acceptors (Lipinski definition) is 4. The fourth-order valence-electron chi connectivity index (χ4n) is 3.29. The number of esters is 1. The van der Waals surface area contributed by atoms with Crippen LogP contribution in [0.1, 0.15) is 37.3 Å². The molecule has 4 heteroatoms. The van der Waals surface area contributed by atoms with Crippen LogP contribution in [-0.4, -0.2) is 12.6 Å². The van der Waals surface area contributed by atoms with Crippen molar-refractivity contribution < 1.29 is 9.53 Å². The van der Waals surface area contributed by atoms with Gasteiger partial charge in [0.25, 0.3) is 0 Å². The van der Waals surface area contributed by atoms with Crippen molar-refractivity contribution in [3.8, 4) is 11.1 Å². The molecule has 0 bridgehead atoms. The number of carbonyl (C=O) groups excluding carboxylic acids is 1. The maximum Gasteiger partial charge on any atom is 0.306 e. The molecule has 0 spiro atoms. The van der Waals surface area contributed by atoms with E-state index in [0.29, 0.717) is 25.1 Å². The van der Waals surface area contributed by atoms with Gasteiger partial charge in [0, 0.05) is 6.42 Å². The first-order chi connectivity index (χ1) is 13.2. The molecular weight excluding hydrogens is 338 g/mol. The first-order valence-corrected chi connectivity index (χ1v) is 9.30. The predicted octanol–water partition coefficient (Wildman–Crippen LogP) is 5.98. The molecule has 0 aromatic heterocycles. The zero-order valence-corrected chi connectivity index (χ0v) is 15.5. The van der Waals surface area contributed by atoms with Crippen LogP contribution in [0.2, 0.25) is 0 Å². The van der Waals surface area contributed by atoms with Gasteiger partial charge in [-0.15, -0.1) is 4.91 Å². The molecule has 0 atom stereocenters. The number of benzene rings is 2. The fraction of sp³-hybridized carbons (Fsp3) is 0.261. The van der Waals surface area contributed by atoms with Crippen molar-refractivity contribution >= 4 is 17.2 Å². The standard InChI is InChI=1S/C23H23NO3/c1-2-27-23(25)14-12-20-15-18(17-7-4-3-5-8-17)11-13-22(20)19-9-6-10-21(16-19)24-26/h4,6-11,13,15-16H,2-3,5,12,14H2,1H3. The summed E-state index contributed by atoms with van der Waals surface area (Å²) in [5, 5.41) is 3.03. The lowest BCUT2D eigenvalue weighted by Crippen LogP contribution is -2.06. The summed E-state index contributed by atoms with van der Waals surface area (Å²) in [7, 11) is 0. The number of allylic oxidation sites excluding steroid dienone is 4. The Kier molecular flexibility index (Phi) is 6.31. The second-order valence-electron chi connectivity index (χ2n) is 6.46. The molecule has 0 saturated heterocycles. The Bertz CT molecular complexity index is 896. The average molecular weight is 361 g/mol. The zero-order chi connectivity index (χ0) is 19.1. The van der Waals surface area contributed by atoms with Crippen molar-refractivity contribution in [1.82, 2.24) is 0 Å². The van der Waals surface area contributed by atoms with Gasteiger partial charge in [0.2, 0.25) is 0 Å². The molecule has 0 N–H and O–H groups in total. The van der Waals surface area contributed by atoms with Crippen LogP contribution in [0.3, 0.4) is 0 Å². The van der Waals surface area contributed by atoms with Gasteiger partial charge >= 0.3 is 5.97 Å². The van der Waals surface area contributed by atoms with Crippen molar-refractivity contribution in [2.75, 3.05) is 6.61 Å². The van der Waals surface area contributed by atoms with E-state index < -0.39 is 0 Å². The molecule has 138 valence electrons. The van der Waals surface area contributed by atoms with Crippen LogP contribution in [0, 0.1) is 4.91 Å². The van der Waals surface area contributed by atoms with Crippen LogP contribution >= 0.6 is 0 Å². The van der Waals surface area contributed by atoms with Crippen molar-refractivity contribution in [2.24, 2.45) is 5.18 Å². The maximum atomic E-state index is 11.9. The van der Waals surface area contributed by atoms with Crippen LogP contribution in [0.5, 0.6) is 0 Å². The van der Waals surface area contributed by atoms with E-state index >= 15 is 0 Å². The van der Waals surface area contributed by atoms with Gasteiger partial charge in [-0.1, -0.05) is 48.6 Å². The van der Waals surface area contributed by atoms with Crippen molar-refractivity contribution in [2.45, 2.75) is 32.6 Å². The van der Waals surface area contributed by atoms with Crippen LogP contribution in [0.4, 0.5) is 5.69 Å². The highest BCUT2D eigenvalue weighted by molar-refractivity contribution is 5.79. The second kappa shape index (κ2) is 9.08. The predicted molar refractivity (Wildman–Crippen MR) is 109 cm³/mol. The number of rotatable bonds is 7. The highest BCUT2D eigenvalue weighted by atomic mass is 16.5. The molecule has 1 aliphatic carbocycles. The van der Waals surface area contributed by atoms with Gasteiger partial charge in [-0.05, 0) is 71.3 Å². The van der Waals surface area contributed by atoms with Gasteiger partial charge in [0.15, 0.2) is 0 Å². The van der Waals surface area contributed by atoms with E-state index in [9.17, 15) is 9.70 Å². The minimum Gasteiger partial charge on any atom is -0.466 e. The van der Waals surface area contributed by atoms with E-state index in [1.165, 1.54) is 5.57 Å². The summed E-state index contributed by atoms with van der Waals surface area (Å²) in [5.74, 6) is -0.200. The summed E-state index contributed by atoms with van der Waals surface area (Å²) < 4.78 is 5.07. The Hall–Kier alpha value is -3.01. The molecule has 4 nitrogen and oxygen atoms in total. The quantitative estimate of drug-likeness (QED) is 0.450.